The summed E-state index contributed by atoms with van der Waals surface area (Å²) in [6.07, 6.45) is 0.753. The summed E-state index contributed by atoms with van der Waals surface area (Å²) in [4.78, 5) is 10.4. The van der Waals surface area contributed by atoms with Crippen LogP contribution >= 0.6 is 0 Å². The van der Waals surface area contributed by atoms with Crippen LogP contribution in [-0.4, -0.2) is 12.0 Å². The maximum absolute atomic E-state index is 10.8. The molecular weight excluding hydrogens is 242 g/mol. The fraction of sp³-hybridized carbons (Fsp3) is 0.200. The molecule has 0 spiro atoms. The highest BCUT2D eigenvalue weighted by Crippen LogP contribution is 2.29. The van der Waals surface area contributed by atoms with E-state index in [1.807, 2.05) is 31.2 Å². The summed E-state index contributed by atoms with van der Waals surface area (Å²) >= 11 is 0. The van der Waals surface area contributed by atoms with Crippen molar-refractivity contribution < 1.29 is 9.66 Å². The second-order valence-corrected chi connectivity index (χ2v) is 4.18. The molecule has 0 aliphatic heterocycles. The summed E-state index contributed by atoms with van der Waals surface area (Å²) in [5.74, 6) is 0.795. The van der Waals surface area contributed by atoms with E-state index >= 15 is 0 Å². The van der Waals surface area contributed by atoms with Crippen LogP contribution in [0.15, 0.2) is 42.5 Å². The number of ether oxygens (including phenoxy) is 1. The zero-order valence-electron chi connectivity index (χ0n) is 10.9. The summed E-state index contributed by atoms with van der Waals surface area (Å²) in [5, 5.41) is 10.8. The molecule has 0 amide bonds. The molecule has 0 fully saturated rings. The van der Waals surface area contributed by atoms with Gasteiger partial charge in [0.1, 0.15) is 5.75 Å². The summed E-state index contributed by atoms with van der Waals surface area (Å²) in [6, 6.07) is 12.7. The lowest BCUT2D eigenvalue weighted by Gasteiger charge is -2.08. The van der Waals surface area contributed by atoms with E-state index in [1.54, 1.807) is 25.3 Å². The van der Waals surface area contributed by atoms with Gasteiger partial charge in [-0.15, -0.1) is 0 Å². The van der Waals surface area contributed by atoms with Crippen molar-refractivity contribution in [2.24, 2.45) is 0 Å². The van der Waals surface area contributed by atoms with Gasteiger partial charge in [0.2, 0.25) is 0 Å². The predicted octanol–water partition coefficient (Wildman–Crippen LogP) is 3.83. The fourth-order valence-corrected chi connectivity index (χ4v) is 2.04. The highest BCUT2D eigenvalue weighted by atomic mass is 16.6. The Hall–Kier alpha value is -2.36. The SMILES string of the molecule is CCc1cc([N+](=O)[O-])ccc1-c1ccc(OC)cc1. The lowest BCUT2D eigenvalue weighted by atomic mass is 9.97. The summed E-state index contributed by atoms with van der Waals surface area (Å²) in [5.41, 5.74) is 3.16. The van der Waals surface area contributed by atoms with E-state index in [4.69, 9.17) is 4.74 Å². The summed E-state index contributed by atoms with van der Waals surface area (Å²) in [7, 11) is 1.62. The molecule has 0 saturated carbocycles. The number of nitrogens with zero attached hydrogens (tertiary/aromatic N) is 1. The van der Waals surface area contributed by atoms with E-state index in [0.29, 0.717) is 0 Å². The van der Waals surface area contributed by atoms with Crippen molar-refractivity contribution in [2.75, 3.05) is 7.11 Å². The van der Waals surface area contributed by atoms with Crippen molar-refractivity contribution in [3.63, 3.8) is 0 Å². The monoisotopic (exact) mass is 257 g/mol. The smallest absolute Gasteiger partial charge is 0.269 e. The Balaban J connectivity index is 2.45. The molecular formula is C15H15NO3. The van der Waals surface area contributed by atoms with Gasteiger partial charge in [-0.05, 0) is 41.3 Å². The van der Waals surface area contributed by atoms with Crippen LogP contribution in [0.2, 0.25) is 0 Å². The van der Waals surface area contributed by atoms with E-state index in [-0.39, 0.29) is 10.6 Å². The number of non-ortho nitro benzene ring substituents is 1. The second-order valence-electron chi connectivity index (χ2n) is 4.18. The Kier molecular flexibility index (Phi) is 3.80. The van der Waals surface area contributed by atoms with E-state index in [0.717, 1.165) is 28.9 Å². The predicted molar refractivity (Wildman–Crippen MR) is 74.5 cm³/mol. The van der Waals surface area contributed by atoms with Crippen molar-refractivity contribution in [2.45, 2.75) is 13.3 Å². The van der Waals surface area contributed by atoms with Crippen LogP contribution in [0.5, 0.6) is 5.75 Å². The highest BCUT2D eigenvalue weighted by Gasteiger charge is 2.10. The largest absolute Gasteiger partial charge is 0.497 e. The number of methoxy groups -OCH3 is 1. The van der Waals surface area contributed by atoms with Crippen molar-refractivity contribution in [3.05, 3.63) is 58.1 Å². The van der Waals surface area contributed by atoms with Gasteiger partial charge in [0.05, 0.1) is 12.0 Å². The molecule has 0 aliphatic rings. The first-order chi connectivity index (χ1) is 9.15. The number of aryl methyl sites for hydroxylation is 1. The van der Waals surface area contributed by atoms with Gasteiger partial charge < -0.3 is 4.74 Å². The first-order valence-corrected chi connectivity index (χ1v) is 6.07. The van der Waals surface area contributed by atoms with Crippen LogP contribution in [0.3, 0.4) is 0 Å². The molecule has 0 heterocycles. The summed E-state index contributed by atoms with van der Waals surface area (Å²) < 4.78 is 5.12. The second kappa shape index (κ2) is 5.52. The van der Waals surface area contributed by atoms with Gasteiger partial charge in [-0.1, -0.05) is 19.1 Å². The van der Waals surface area contributed by atoms with E-state index in [9.17, 15) is 10.1 Å². The molecule has 2 aromatic carbocycles. The van der Waals surface area contributed by atoms with Crippen molar-refractivity contribution in [1.82, 2.24) is 0 Å². The highest BCUT2D eigenvalue weighted by molar-refractivity contribution is 5.69. The van der Waals surface area contributed by atoms with E-state index in [1.165, 1.54) is 0 Å². The molecule has 2 rings (SSSR count). The Labute approximate surface area is 111 Å². The number of nitro benzene ring substituents is 1. The van der Waals surface area contributed by atoms with Gasteiger partial charge >= 0.3 is 0 Å². The molecule has 0 radical (unpaired) electrons. The van der Waals surface area contributed by atoms with Crippen molar-refractivity contribution in [3.8, 4) is 16.9 Å². The lowest BCUT2D eigenvalue weighted by molar-refractivity contribution is -0.384. The maximum Gasteiger partial charge on any atom is 0.269 e. The molecule has 0 saturated heterocycles. The topological polar surface area (TPSA) is 52.4 Å². The average Bonchev–Trinajstić information content (AvgIpc) is 2.46. The molecule has 0 atom stereocenters. The molecule has 4 heteroatoms. The van der Waals surface area contributed by atoms with Crippen LogP contribution in [0, 0.1) is 10.1 Å². The maximum atomic E-state index is 10.8. The zero-order valence-corrected chi connectivity index (χ0v) is 10.9. The molecule has 0 aliphatic carbocycles. The van der Waals surface area contributed by atoms with Crippen molar-refractivity contribution in [1.29, 1.82) is 0 Å². The van der Waals surface area contributed by atoms with Crippen LogP contribution in [0.4, 0.5) is 5.69 Å². The number of hydrogen-bond acceptors (Lipinski definition) is 3. The van der Waals surface area contributed by atoms with Gasteiger partial charge in [-0.25, -0.2) is 0 Å². The lowest BCUT2D eigenvalue weighted by Crippen LogP contribution is -1.93. The zero-order chi connectivity index (χ0) is 13.8. The average molecular weight is 257 g/mol. The number of hydrogen-bond donors (Lipinski definition) is 0. The molecule has 0 N–H and O–H groups in total. The van der Waals surface area contributed by atoms with E-state index < -0.39 is 0 Å². The molecule has 0 aromatic heterocycles. The third-order valence-electron chi connectivity index (χ3n) is 3.08. The Bertz CT molecular complexity index is 591. The minimum Gasteiger partial charge on any atom is -0.497 e. The first-order valence-electron chi connectivity index (χ1n) is 6.07. The van der Waals surface area contributed by atoms with Gasteiger partial charge in [0, 0.05) is 12.1 Å². The summed E-state index contributed by atoms with van der Waals surface area (Å²) in [6.45, 7) is 1.99. The Morgan fingerprint density at radius 2 is 1.84 bits per heavy atom. The quantitative estimate of drug-likeness (QED) is 0.617. The van der Waals surface area contributed by atoms with Crippen LogP contribution in [0.1, 0.15) is 12.5 Å². The molecule has 4 nitrogen and oxygen atoms in total. The van der Waals surface area contributed by atoms with E-state index in [2.05, 4.69) is 0 Å². The standard InChI is InChI=1S/C15H15NO3/c1-3-11-10-13(16(17)18)6-9-15(11)12-4-7-14(19-2)8-5-12/h4-10H,3H2,1-2H3. The van der Waals surface area contributed by atoms with Crippen molar-refractivity contribution >= 4 is 5.69 Å². The minimum absolute atomic E-state index is 0.133. The first kappa shape index (κ1) is 13.1. The van der Waals surface area contributed by atoms with Crippen LogP contribution < -0.4 is 4.74 Å². The molecule has 2 aromatic rings. The molecule has 0 unspecified atom stereocenters. The number of nitro groups is 1. The Morgan fingerprint density at radius 3 is 2.37 bits per heavy atom. The minimum atomic E-state index is -0.364. The van der Waals surface area contributed by atoms with Gasteiger partial charge in [0.25, 0.3) is 5.69 Å². The van der Waals surface area contributed by atoms with Gasteiger partial charge in [-0.3, -0.25) is 10.1 Å². The van der Waals surface area contributed by atoms with Gasteiger partial charge in [-0.2, -0.15) is 0 Å². The molecule has 19 heavy (non-hydrogen) atoms. The number of rotatable bonds is 4. The molecule has 98 valence electrons. The van der Waals surface area contributed by atoms with Crippen LogP contribution in [0.25, 0.3) is 11.1 Å². The fourth-order valence-electron chi connectivity index (χ4n) is 2.04. The van der Waals surface area contributed by atoms with Crippen LogP contribution in [-0.2, 0) is 6.42 Å². The third-order valence-corrected chi connectivity index (χ3v) is 3.08. The molecule has 0 bridgehead atoms. The normalized spacial score (nSPS) is 10.2. The number of benzene rings is 2. The Morgan fingerprint density at radius 1 is 1.16 bits per heavy atom. The third kappa shape index (κ3) is 2.73. The van der Waals surface area contributed by atoms with Gasteiger partial charge in [0.15, 0.2) is 0 Å².